The number of fused-ring (bicyclic) bond motifs is 2. The van der Waals surface area contributed by atoms with E-state index in [9.17, 15) is 4.79 Å². The summed E-state index contributed by atoms with van der Waals surface area (Å²) in [5.74, 6) is 1.21. The van der Waals surface area contributed by atoms with E-state index >= 15 is 0 Å². The van der Waals surface area contributed by atoms with Gasteiger partial charge in [-0.15, -0.1) is 0 Å². The van der Waals surface area contributed by atoms with Crippen molar-refractivity contribution < 1.29 is 9.53 Å². The molecule has 1 aromatic carbocycles. The van der Waals surface area contributed by atoms with E-state index in [-0.39, 0.29) is 18.7 Å². The van der Waals surface area contributed by atoms with Gasteiger partial charge in [0.15, 0.2) is 6.73 Å². The van der Waals surface area contributed by atoms with Gasteiger partial charge in [-0.05, 0) is 62.4 Å². The molecule has 1 N–H and O–H groups in total. The van der Waals surface area contributed by atoms with Crippen LogP contribution in [0.2, 0.25) is 0 Å². The van der Waals surface area contributed by atoms with Crippen molar-refractivity contribution in [2.75, 3.05) is 7.05 Å². The number of carbonyl (C=O) groups excluding carboxylic acids is 1. The van der Waals surface area contributed by atoms with Crippen LogP contribution in [0.15, 0.2) is 36.5 Å². The van der Waals surface area contributed by atoms with Crippen molar-refractivity contribution in [3.8, 4) is 5.75 Å². The van der Waals surface area contributed by atoms with Gasteiger partial charge in [-0.25, -0.2) is 4.68 Å². The highest BCUT2D eigenvalue weighted by molar-refractivity contribution is 5.92. The van der Waals surface area contributed by atoms with E-state index in [1.54, 1.807) is 16.9 Å². The zero-order valence-corrected chi connectivity index (χ0v) is 17.0. The molecule has 3 heterocycles. The minimum Gasteiger partial charge on any atom is -0.471 e. The van der Waals surface area contributed by atoms with Gasteiger partial charge in [-0.3, -0.25) is 4.79 Å². The Labute approximate surface area is 166 Å². The van der Waals surface area contributed by atoms with Crippen LogP contribution in [0.1, 0.15) is 61.5 Å². The van der Waals surface area contributed by atoms with Gasteiger partial charge < -0.3 is 15.0 Å². The second-order valence-corrected chi connectivity index (χ2v) is 8.43. The largest absolute Gasteiger partial charge is 0.471 e. The van der Waals surface area contributed by atoms with Crippen LogP contribution in [0.4, 0.5) is 0 Å². The minimum atomic E-state index is -0.0889. The maximum absolute atomic E-state index is 12.6. The molecule has 2 saturated heterocycles. The molecule has 150 valence electrons. The third-order valence-corrected chi connectivity index (χ3v) is 6.22. The first-order chi connectivity index (χ1) is 13.5. The minimum absolute atomic E-state index is 0.0889. The number of hydrogen-bond acceptors (Lipinski definition) is 4. The van der Waals surface area contributed by atoms with Crippen molar-refractivity contribution in [2.24, 2.45) is 0 Å². The van der Waals surface area contributed by atoms with Gasteiger partial charge in [0.1, 0.15) is 11.4 Å². The van der Waals surface area contributed by atoms with E-state index in [0.717, 1.165) is 18.6 Å². The summed E-state index contributed by atoms with van der Waals surface area (Å²) in [6.07, 6.45) is 6.36. The van der Waals surface area contributed by atoms with Crippen molar-refractivity contribution in [3.63, 3.8) is 0 Å². The molecule has 1 aromatic heterocycles. The first-order valence-electron chi connectivity index (χ1n) is 10.3. The van der Waals surface area contributed by atoms with Crippen LogP contribution in [-0.4, -0.2) is 45.8 Å². The quantitative estimate of drug-likeness (QED) is 0.832. The van der Waals surface area contributed by atoms with E-state index in [1.165, 1.54) is 18.4 Å². The van der Waals surface area contributed by atoms with Crippen LogP contribution in [-0.2, 0) is 6.73 Å². The average molecular weight is 383 g/mol. The number of nitrogens with one attached hydrogen (secondary N) is 1. The summed E-state index contributed by atoms with van der Waals surface area (Å²) < 4.78 is 7.44. The van der Waals surface area contributed by atoms with Crippen molar-refractivity contribution >= 4 is 5.91 Å². The molecule has 2 bridgehead atoms. The molecule has 2 aliphatic rings. The summed E-state index contributed by atoms with van der Waals surface area (Å²) in [4.78, 5) is 15.1. The highest BCUT2D eigenvalue weighted by atomic mass is 16.5. The van der Waals surface area contributed by atoms with E-state index in [1.807, 2.05) is 12.1 Å². The van der Waals surface area contributed by atoms with E-state index in [0.29, 0.717) is 23.7 Å². The molecule has 2 aliphatic heterocycles. The first kappa shape index (κ1) is 19.0. The summed E-state index contributed by atoms with van der Waals surface area (Å²) in [7, 11) is 2.21. The van der Waals surface area contributed by atoms with Gasteiger partial charge in [0.25, 0.3) is 5.91 Å². The second kappa shape index (κ2) is 7.95. The first-order valence-corrected chi connectivity index (χ1v) is 10.3. The molecular formula is C22H30N4O2. The summed E-state index contributed by atoms with van der Waals surface area (Å²) >= 11 is 0. The molecule has 0 saturated carbocycles. The Morgan fingerprint density at radius 2 is 1.86 bits per heavy atom. The Hall–Kier alpha value is -2.34. The maximum atomic E-state index is 12.6. The average Bonchev–Trinajstić information content (AvgIpc) is 3.22. The molecule has 28 heavy (non-hydrogen) atoms. The predicted octanol–water partition coefficient (Wildman–Crippen LogP) is 3.40. The molecule has 0 spiro atoms. The number of hydrogen-bond donors (Lipinski definition) is 1. The number of ether oxygens (including phenoxy) is 1. The normalized spacial score (nSPS) is 24.5. The zero-order valence-electron chi connectivity index (χ0n) is 17.0. The molecule has 2 fully saturated rings. The monoisotopic (exact) mass is 382 g/mol. The molecular weight excluding hydrogens is 352 g/mol. The number of rotatable bonds is 6. The van der Waals surface area contributed by atoms with Crippen LogP contribution < -0.4 is 10.1 Å². The van der Waals surface area contributed by atoms with Crippen LogP contribution in [0.3, 0.4) is 0 Å². The van der Waals surface area contributed by atoms with Crippen LogP contribution in [0, 0.1) is 0 Å². The second-order valence-electron chi connectivity index (χ2n) is 8.43. The Bertz CT molecular complexity index is 800. The standard InChI is InChI=1S/C22H30N4O2/c1-15(2)16-4-8-20(9-5-16)28-14-26-11-10-21(24-26)22(27)23-17-12-18-6-7-19(13-17)25(18)3/h4-5,8-11,15,17-19H,6-7,12-14H2,1-3H3,(H,23,27)/t18-,19-/m1/s1. The summed E-state index contributed by atoms with van der Waals surface area (Å²) in [6.45, 7) is 4.62. The molecule has 0 unspecified atom stereocenters. The number of amides is 1. The van der Waals surface area contributed by atoms with Crippen LogP contribution in [0.5, 0.6) is 5.75 Å². The highest BCUT2D eigenvalue weighted by Gasteiger charge is 2.38. The number of benzene rings is 1. The molecule has 1 amide bonds. The lowest BCUT2D eigenvalue weighted by Crippen LogP contribution is -2.48. The fourth-order valence-electron chi connectivity index (χ4n) is 4.43. The van der Waals surface area contributed by atoms with Gasteiger partial charge >= 0.3 is 0 Å². The Balaban J connectivity index is 1.29. The van der Waals surface area contributed by atoms with Gasteiger partial charge in [-0.1, -0.05) is 26.0 Å². The van der Waals surface area contributed by atoms with Gasteiger partial charge in [0.2, 0.25) is 0 Å². The SMILES string of the molecule is CC(C)c1ccc(OCn2ccc(C(=O)NC3C[C@H]4CC[C@H](C3)N4C)n2)cc1. The smallest absolute Gasteiger partial charge is 0.271 e. The predicted molar refractivity (Wildman–Crippen MR) is 108 cm³/mol. The van der Waals surface area contributed by atoms with Crippen molar-refractivity contribution in [1.29, 1.82) is 0 Å². The molecule has 2 atom stereocenters. The van der Waals surface area contributed by atoms with Crippen molar-refractivity contribution in [1.82, 2.24) is 20.0 Å². The lowest BCUT2D eigenvalue weighted by atomic mass is 9.98. The van der Waals surface area contributed by atoms with E-state index in [2.05, 4.69) is 48.3 Å². The topological polar surface area (TPSA) is 59.4 Å². The Kier molecular flexibility index (Phi) is 5.40. The molecule has 4 rings (SSSR count). The number of nitrogens with zero attached hydrogens (tertiary/aromatic N) is 3. The lowest BCUT2D eigenvalue weighted by molar-refractivity contribution is 0.0875. The summed E-state index contributed by atoms with van der Waals surface area (Å²) in [5.41, 5.74) is 1.73. The fourth-order valence-corrected chi connectivity index (χ4v) is 4.43. The zero-order chi connectivity index (χ0) is 19.7. The van der Waals surface area contributed by atoms with Gasteiger partial charge in [0.05, 0.1) is 0 Å². The molecule has 6 nitrogen and oxygen atoms in total. The van der Waals surface area contributed by atoms with E-state index in [4.69, 9.17) is 4.74 Å². The van der Waals surface area contributed by atoms with Crippen LogP contribution >= 0.6 is 0 Å². The number of carbonyl (C=O) groups is 1. The third kappa shape index (κ3) is 4.07. The Morgan fingerprint density at radius 3 is 2.50 bits per heavy atom. The van der Waals surface area contributed by atoms with E-state index < -0.39 is 0 Å². The maximum Gasteiger partial charge on any atom is 0.271 e. The lowest BCUT2D eigenvalue weighted by Gasteiger charge is -2.36. The summed E-state index contributed by atoms with van der Waals surface area (Å²) in [5, 5.41) is 7.55. The van der Waals surface area contributed by atoms with Crippen molar-refractivity contribution in [2.45, 2.75) is 70.3 Å². The molecule has 0 aliphatic carbocycles. The van der Waals surface area contributed by atoms with Gasteiger partial charge in [0, 0.05) is 24.3 Å². The van der Waals surface area contributed by atoms with Crippen molar-refractivity contribution in [3.05, 3.63) is 47.8 Å². The number of piperidine rings is 1. The third-order valence-electron chi connectivity index (χ3n) is 6.22. The molecule has 0 radical (unpaired) electrons. The fraction of sp³-hybridized carbons (Fsp3) is 0.545. The van der Waals surface area contributed by atoms with Crippen LogP contribution in [0.25, 0.3) is 0 Å². The van der Waals surface area contributed by atoms with Gasteiger partial charge in [-0.2, -0.15) is 5.10 Å². The Morgan fingerprint density at radius 1 is 1.18 bits per heavy atom. The molecule has 6 heteroatoms. The number of aromatic nitrogens is 2. The summed E-state index contributed by atoms with van der Waals surface area (Å²) in [6, 6.07) is 11.3. The highest BCUT2D eigenvalue weighted by Crippen LogP contribution is 2.34. The molecule has 2 aromatic rings.